The van der Waals surface area contributed by atoms with Crippen molar-refractivity contribution >= 4 is 11.0 Å². The summed E-state index contributed by atoms with van der Waals surface area (Å²) < 4.78 is 2.83. The number of aliphatic hydroxyl groups excluding tert-OH is 1. The zero-order valence-corrected chi connectivity index (χ0v) is 10.7. The number of benzene rings is 1. The molecule has 20 heavy (non-hydrogen) atoms. The van der Waals surface area contributed by atoms with E-state index in [1.165, 1.54) is 10.9 Å². The highest BCUT2D eigenvalue weighted by Crippen LogP contribution is 2.12. The Labute approximate surface area is 114 Å². The molecule has 0 aliphatic carbocycles. The number of aromatic nitrogens is 5. The largest absolute Gasteiger partial charge is 0.396 e. The van der Waals surface area contributed by atoms with Gasteiger partial charge in [-0.3, -0.25) is 4.79 Å². The van der Waals surface area contributed by atoms with Gasteiger partial charge >= 0.3 is 0 Å². The number of aryl methyl sites for hydroxylation is 1. The van der Waals surface area contributed by atoms with Crippen LogP contribution in [0, 0.1) is 0 Å². The SMILES string of the molecule is O=c1c2cnn(-c3ccccc3)c2nnn1CCCO. The van der Waals surface area contributed by atoms with Gasteiger partial charge < -0.3 is 5.11 Å². The summed E-state index contributed by atoms with van der Waals surface area (Å²) in [6.45, 7) is 0.351. The Bertz CT molecular complexity index is 778. The van der Waals surface area contributed by atoms with E-state index in [4.69, 9.17) is 5.11 Å². The summed E-state index contributed by atoms with van der Waals surface area (Å²) >= 11 is 0. The number of hydrogen-bond acceptors (Lipinski definition) is 5. The van der Waals surface area contributed by atoms with Crippen LogP contribution in [-0.4, -0.2) is 36.5 Å². The summed E-state index contributed by atoms with van der Waals surface area (Å²) in [5, 5.41) is 21.4. The molecule has 1 N–H and O–H groups in total. The predicted octanol–water partition coefficient (Wildman–Crippen LogP) is 0.360. The molecule has 0 radical (unpaired) electrons. The fourth-order valence-electron chi connectivity index (χ4n) is 1.99. The smallest absolute Gasteiger partial charge is 0.280 e. The van der Waals surface area contributed by atoms with Crippen molar-refractivity contribution in [3.05, 3.63) is 46.9 Å². The van der Waals surface area contributed by atoms with Crippen LogP contribution in [0.25, 0.3) is 16.7 Å². The van der Waals surface area contributed by atoms with Crippen molar-refractivity contribution in [2.45, 2.75) is 13.0 Å². The minimum absolute atomic E-state index is 0.00936. The lowest BCUT2D eigenvalue weighted by Gasteiger charge is -2.03. The van der Waals surface area contributed by atoms with Crippen molar-refractivity contribution in [1.29, 1.82) is 0 Å². The van der Waals surface area contributed by atoms with Crippen LogP contribution in [0.3, 0.4) is 0 Å². The molecule has 102 valence electrons. The van der Waals surface area contributed by atoms with E-state index in [1.807, 2.05) is 30.3 Å². The van der Waals surface area contributed by atoms with Gasteiger partial charge in [-0.2, -0.15) is 5.10 Å². The van der Waals surface area contributed by atoms with E-state index in [0.29, 0.717) is 24.0 Å². The predicted molar refractivity (Wildman–Crippen MR) is 72.6 cm³/mol. The van der Waals surface area contributed by atoms with Crippen LogP contribution in [0.2, 0.25) is 0 Å². The minimum atomic E-state index is -0.245. The van der Waals surface area contributed by atoms with Gasteiger partial charge in [-0.05, 0) is 18.6 Å². The van der Waals surface area contributed by atoms with Crippen LogP contribution in [0.1, 0.15) is 6.42 Å². The number of aliphatic hydroxyl groups is 1. The van der Waals surface area contributed by atoms with Crippen LogP contribution in [-0.2, 0) is 6.54 Å². The van der Waals surface area contributed by atoms with Gasteiger partial charge in [0, 0.05) is 13.2 Å². The average Bonchev–Trinajstić information content (AvgIpc) is 2.92. The van der Waals surface area contributed by atoms with Crippen molar-refractivity contribution in [2.24, 2.45) is 0 Å². The van der Waals surface area contributed by atoms with Gasteiger partial charge in [0.2, 0.25) is 0 Å². The van der Waals surface area contributed by atoms with E-state index in [2.05, 4.69) is 15.4 Å². The molecule has 0 spiro atoms. The first-order valence-corrected chi connectivity index (χ1v) is 6.29. The van der Waals surface area contributed by atoms with Crippen molar-refractivity contribution in [3.63, 3.8) is 0 Å². The molecule has 0 fully saturated rings. The molecule has 0 saturated heterocycles. The maximum absolute atomic E-state index is 12.2. The monoisotopic (exact) mass is 271 g/mol. The standard InChI is InChI=1S/C13H13N5O2/c19-8-4-7-17-13(20)11-9-14-18(12(11)15-16-17)10-5-2-1-3-6-10/h1-3,5-6,9,19H,4,7-8H2. The molecule has 2 heterocycles. The molecule has 3 rings (SSSR count). The Morgan fingerprint density at radius 1 is 1.20 bits per heavy atom. The molecule has 7 heteroatoms. The maximum Gasteiger partial charge on any atom is 0.280 e. The third kappa shape index (κ3) is 2.08. The van der Waals surface area contributed by atoms with E-state index in [0.717, 1.165) is 5.69 Å². The number of rotatable bonds is 4. The number of nitrogens with zero attached hydrogens (tertiary/aromatic N) is 5. The number of para-hydroxylation sites is 1. The molecule has 0 amide bonds. The summed E-state index contributed by atoms with van der Waals surface area (Å²) in [5.74, 6) is 0. The molecular formula is C13H13N5O2. The molecule has 1 aromatic carbocycles. The lowest BCUT2D eigenvalue weighted by Crippen LogP contribution is -2.24. The van der Waals surface area contributed by atoms with Gasteiger partial charge in [-0.15, -0.1) is 5.10 Å². The molecule has 0 aliphatic heterocycles. The van der Waals surface area contributed by atoms with Crippen LogP contribution in [0.4, 0.5) is 0 Å². The topological polar surface area (TPSA) is 85.8 Å². The second-order valence-electron chi connectivity index (χ2n) is 4.32. The Morgan fingerprint density at radius 2 is 2.00 bits per heavy atom. The van der Waals surface area contributed by atoms with Crippen molar-refractivity contribution in [3.8, 4) is 5.69 Å². The summed E-state index contributed by atoms with van der Waals surface area (Å²) in [6, 6.07) is 9.44. The molecule has 0 saturated carbocycles. The van der Waals surface area contributed by atoms with E-state index < -0.39 is 0 Å². The molecule has 3 aromatic rings. The lowest BCUT2D eigenvalue weighted by atomic mass is 10.3. The fraction of sp³-hybridized carbons (Fsp3) is 0.231. The Morgan fingerprint density at radius 3 is 2.75 bits per heavy atom. The molecule has 0 bridgehead atoms. The first-order valence-electron chi connectivity index (χ1n) is 6.29. The zero-order valence-electron chi connectivity index (χ0n) is 10.7. The lowest BCUT2D eigenvalue weighted by molar-refractivity contribution is 0.274. The first-order chi connectivity index (χ1) is 9.81. The normalized spacial score (nSPS) is 11.1. The maximum atomic E-state index is 12.2. The summed E-state index contributed by atoms with van der Waals surface area (Å²) in [5.41, 5.74) is 1.01. The van der Waals surface area contributed by atoms with E-state index in [-0.39, 0.29) is 12.2 Å². The van der Waals surface area contributed by atoms with Gasteiger partial charge in [0.15, 0.2) is 5.65 Å². The first kappa shape index (κ1) is 12.5. The highest BCUT2D eigenvalue weighted by Gasteiger charge is 2.12. The summed E-state index contributed by atoms with van der Waals surface area (Å²) in [4.78, 5) is 12.2. The van der Waals surface area contributed by atoms with Gasteiger partial charge in [0.1, 0.15) is 5.39 Å². The van der Waals surface area contributed by atoms with Crippen molar-refractivity contribution in [1.82, 2.24) is 24.8 Å². The second kappa shape index (κ2) is 5.22. The Kier molecular flexibility index (Phi) is 3.26. The molecule has 0 aliphatic rings. The van der Waals surface area contributed by atoms with Crippen molar-refractivity contribution in [2.75, 3.05) is 6.61 Å². The van der Waals surface area contributed by atoms with Gasteiger partial charge in [0.05, 0.1) is 11.9 Å². The Balaban J connectivity index is 2.11. The second-order valence-corrected chi connectivity index (χ2v) is 4.32. The van der Waals surface area contributed by atoms with Gasteiger partial charge in [0.25, 0.3) is 5.56 Å². The van der Waals surface area contributed by atoms with E-state index in [9.17, 15) is 4.79 Å². The third-order valence-corrected chi connectivity index (χ3v) is 2.98. The zero-order chi connectivity index (χ0) is 13.9. The average molecular weight is 271 g/mol. The van der Waals surface area contributed by atoms with E-state index in [1.54, 1.807) is 4.68 Å². The van der Waals surface area contributed by atoms with Crippen LogP contribution in [0.5, 0.6) is 0 Å². The summed E-state index contributed by atoms with van der Waals surface area (Å²) in [7, 11) is 0. The van der Waals surface area contributed by atoms with Crippen LogP contribution in [0.15, 0.2) is 41.3 Å². The molecular weight excluding hydrogens is 258 g/mol. The van der Waals surface area contributed by atoms with Crippen LogP contribution < -0.4 is 5.56 Å². The molecule has 0 atom stereocenters. The highest BCUT2D eigenvalue weighted by atomic mass is 16.3. The van der Waals surface area contributed by atoms with Crippen molar-refractivity contribution < 1.29 is 5.11 Å². The van der Waals surface area contributed by atoms with Crippen LogP contribution >= 0.6 is 0 Å². The van der Waals surface area contributed by atoms with Gasteiger partial charge in [-0.25, -0.2) is 9.36 Å². The third-order valence-electron chi connectivity index (χ3n) is 2.98. The quantitative estimate of drug-likeness (QED) is 0.740. The number of fused-ring (bicyclic) bond motifs is 1. The number of hydrogen-bond donors (Lipinski definition) is 1. The molecule has 7 nitrogen and oxygen atoms in total. The fourth-order valence-corrected chi connectivity index (χ4v) is 1.99. The molecule has 2 aromatic heterocycles. The highest BCUT2D eigenvalue weighted by molar-refractivity contribution is 5.74. The Hall–Kier alpha value is -2.54. The molecule has 0 unspecified atom stereocenters. The summed E-state index contributed by atoms with van der Waals surface area (Å²) in [6.07, 6.45) is 1.96. The van der Waals surface area contributed by atoms with E-state index >= 15 is 0 Å². The minimum Gasteiger partial charge on any atom is -0.396 e. The van der Waals surface area contributed by atoms with Gasteiger partial charge in [-0.1, -0.05) is 23.4 Å².